The number of nitrogens with zero attached hydrogens (tertiary/aromatic N) is 1. The Morgan fingerprint density at radius 1 is 1.00 bits per heavy atom. The zero-order valence-corrected chi connectivity index (χ0v) is 17.1. The van der Waals surface area contributed by atoms with Crippen molar-refractivity contribution < 1.29 is 19.1 Å². The van der Waals surface area contributed by atoms with Gasteiger partial charge < -0.3 is 4.74 Å². The van der Waals surface area contributed by atoms with Gasteiger partial charge in [-0.2, -0.15) is 5.10 Å². The number of aromatic nitrogens is 2. The summed E-state index contributed by atoms with van der Waals surface area (Å²) < 4.78 is 4.97. The molecule has 0 saturated carbocycles. The zero-order valence-electron chi connectivity index (χ0n) is 17.1. The molecule has 0 radical (unpaired) electrons. The lowest BCUT2D eigenvalue weighted by molar-refractivity contribution is -0.123. The molecule has 0 aliphatic heterocycles. The first-order valence-corrected chi connectivity index (χ1v) is 9.47. The lowest BCUT2D eigenvalue weighted by Crippen LogP contribution is -2.34. The molecule has 0 fully saturated rings. The minimum absolute atomic E-state index is 0.0356. The lowest BCUT2D eigenvalue weighted by atomic mass is 9.87. The van der Waals surface area contributed by atoms with E-state index in [-0.39, 0.29) is 11.1 Å². The van der Waals surface area contributed by atoms with Crippen LogP contribution in [0.4, 0.5) is 0 Å². The number of H-pyrrole nitrogens is 1. The van der Waals surface area contributed by atoms with Crippen LogP contribution in [0.1, 0.15) is 47.2 Å². The summed E-state index contributed by atoms with van der Waals surface area (Å²) in [5.74, 6) is -2.00. The summed E-state index contributed by atoms with van der Waals surface area (Å²) in [5, 5.41) is 8.87. The molecule has 0 aliphatic carbocycles. The van der Waals surface area contributed by atoms with Gasteiger partial charge in [-0.05, 0) is 29.2 Å². The topological polar surface area (TPSA) is 101 Å². The summed E-state index contributed by atoms with van der Waals surface area (Å²) in [6.45, 7) is 5.64. The largest absolute Gasteiger partial charge is 0.451 e. The SMILES string of the molecule is CC(C)(C)c1ccc(C(=O)NC(=O)COC(=O)c2cc(-c3ccccc3)n[nH]2)cc1. The van der Waals surface area contributed by atoms with E-state index in [0.717, 1.165) is 11.1 Å². The molecule has 1 heterocycles. The van der Waals surface area contributed by atoms with E-state index in [1.165, 1.54) is 6.07 Å². The van der Waals surface area contributed by atoms with Gasteiger partial charge in [0.25, 0.3) is 11.8 Å². The molecule has 7 heteroatoms. The molecule has 2 N–H and O–H groups in total. The van der Waals surface area contributed by atoms with Gasteiger partial charge in [0.2, 0.25) is 0 Å². The molecule has 0 aliphatic rings. The number of aromatic amines is 1. The van der Waals surface area contributed by atoms with Crippen molar-refractivity contribution in [3.8, 4) is 11.3 Å². The summed E-state index contributed by atoms with van der Waals surface area (Å²) >= 11 is 0. The molecule has 30 heavy (non-hydrogen) atoms. The monoisotopic (exact) mass is 405 g/mol. The van der Waals surface area contributed by atoms with Gasteiger partial charge in [-0.15, -0.1) is 0 Å². The van der Waals surface area contributed by atoms with Gasteiger partial charge in [0.15, 0.2) is 6.61 Å². The van der Waals surface area contributed by atoms with Gasteiger partial charge in [-0.1, -0.05) is 63.2 Å². The van der Waals surface area contributed by atoms with E-state index in [4.69, 9.17) is 4.74 Å². The number of esters is 1. The third-order valence-corrected chi connectivity index (χ3v) is 4.47. The third kappa shape index (κ3) is 5.20. The van der Waals surface area contributed by atoms with Gasteiger partial charge in [-0.3, -0.25) is 20.0 Å². The van der Waals surface area contributed by atoms with Crippen molar-refractivity contribution >= 4 is 17.8 Å². The van der Waals surface area contributed by atoms with Gasteiger partial charge in [0.1, 0.15) is 5.69 Å². The second-order valence-electron chi connectivity index (χ2n) is 7.81. The molecule has 0 bridgehead atoms. The number of amides is 2. The Hall–Kier alpha value is -3.74. The van der Waals surface area contributed by atoms with Crippen LogP contribution in [0.25, 0.3) is 11.3 Å². The molecule has 0 spiro atoms. The Bertz CT molecular complexity index is 1050. The number of benzene rings is 2. The predicted octanol–water partition coefficient (Wildman–Crippen LogP) is 3.49. The molecule has 2 amide bonds. The molecule has 0 unspecified atom stereocenters. The molecule has 0 atom stereocenters. The Labute approximate surface area is 174 Å². The van der Waals surface area contributed by atoms with Crippen LogP contribution in [-0.2, 0) is 14.9 Å². The van der Waals surface area contributed by atoms with Crippen LogP contribution in [0.3, 0.4) is 0 Å². The van der Waals surface area contributed by atoms with Crippen LogP contribution in [0, 0.1) is 0 Å². The van der Waals surface area contributed by atoms with Crippen molar-refractivity contribution in [1.29, 1.82) is 0 Å². The molecule has 7 nitrogen and oxygen atoms in total. The van der Waals surface area contributed by atoms with E-state index >= 15 is 0 Å². The standard InChI is InChI=1S/C23H23N3O4/c1-23(2,3)17-11-9-16(10-12-17)21(28)24-20(27)14-30-22(29)19-13-18(25-26-19)15-7-5-4-6-8-15/h4-13H,14H2,1-3H3,(H,25,26)(H,24,27,28). The maximum Gasteiger partial charge on any atom is 0.356 e. The highest BCUT2D eigenvalue weighted by atomic mass is 16.5. The fourth-order valence-corrected chi connectivity index (χ4v) is 2.75. The fourth-order valence-electron chi connectivity index (χ4n) is 2.75. The van der Waals surface area contributed by atoms with E-state index < -0.39 is 24.4 Å². The normalized spacial score (nSPS) is 11.0. The first-order valence-electron chi connectivity index (χ1n) is 9.47. The second kappa shape index (κ2) is 8.73. The van der Waals surface area contributed by atoms with E-state index in [9.17, 15) is 14.4 Å². The number of imide groups is 1. The highest BCUT2D eigenvalue weighted by molar-refractivity contribution is 6.05. The van der Waals surface area contributed by atoms with E-state index in [0.29, 0.717) is 11.3 Å². The van der Waals surface area contributed by atoms with Crippen molar-refractivity contribution in [3.05, 3.63) is 77.5 Å². The fraction of sp³-hybridized carbons (Fsp3) is 0.217. The molecule has 2 aromatic carbocycles. The summed E-state index contributed by atoms with van der Waals surface area (Å²) in [5.41, 5.74) is 2.93. The second-order valence-corrected chi connectivity index (χ2v) is 7.81. The minimum atomic E-state index is -0.734. The van der Waals surface area contributed by atoms with Crippen LogP contribution in [0.15, 0.2) is 60.7 Å². The van der Waals surface area contributed by atoms with Crippen molar-refractivity contribution in [2.75, 3.05) is 6.61 Å². The highest BCUT2D eigenvalue weighted by Crippen LogP contribution is 2.22. The van der Waals surface area contributed by atoms with Crippen molar-refractivity contribution in [2.24, 2.45) is 0 Å². The number of hydrogen-bond acceptors (Lipinski definition) is 5. The van der Waals surface area contributed by atoms with Crippen LogP contribution >= 0.6 is 0 Å². The lowest BCUT2D eigenvalue weighted by Gasteiger charge is -2.18. The smallest absolute Gasteiger partial charge is 0.356 e. The van der Waals surface area contributed by atoms with Crippen molar-refractivity contribution in [1.82, 2.24) is 15.5 Å². The van der Waals surface area contributed by atoms with Crippen LogP contribution in [0.2, 0.25) is 0 Å². The first-order chi connectivity index (χ1) is 14.2. The number of rotatable bonds is 5. The number of carbonyl (C=O) groups is 3. The van der Waals surface area contributed by atoms with Gasteiger partial charge >= 0.3 is 5.97 Å². The van der Waals surface area contributed by atoms with E-state index in [2.05, 4.69) is 36.3 Å². The first kappa shape index (κ1) is 21.0. The van der Waals surface area contributed by atoms with Crippen LogP contribution in [-0.4, -0.2) is 34.6 Å². The zero-order chi connectivity index (χ0) is 21.7. The molecule has 1 aromatic heterocycles. The van der Waals surface area contributed by atoms with Gasteiger partial charge in [0.05, 0.1) is 5.69 Å². The Morgan fingerprint density at radius 2 is 1.67 bits per heavy atom. The molecule has 0 saturated heterocycles. The third-order valence-electron chi connectivity index (χ3n) is 4.47. The van der Waals surface area contributed by atoms with Crippen molar-refractivity contribution in [2.45, 2.75) is 26.2 Å². The maximum absolute atomic E-state index is 12.2. The summed E-state index contributed by atoms with van der Waals surface area (Å²) in [4.78, 5) is 36.3. The van der Waals surface area contributed by atoms with Crippen LogP contribution < -0.4 is 5.32 Å². The number of ether oxygens (including phenoxy) is 1. The summed E-state index contributed by atoms with van der Waals surface area (Å²) in [6.07, 6.45) is 0. The number of hydrogen-bond donors (Lipinski definition) is 2. The Balaban J connectivity index is 1.52. The average molecular weight is 405 g/mol. The quantitative estimate of drug-likeness (QED) is 0.633. The van der Waals surface area contributed by atoms with Gasteiger partial charge in [-0.25, -0.2) is 4.79 Å². The molecule has 3 aromatic rings. The molecule has 154 valence electrons. The highest BCUT2D eigenvalue weighted by Gasteiger charge is 2.17. The number of carbonyl (C=O) groups excluding carboxylic acids is 3. The van der Waals surface area contributed by atoms with Gasteiger partial charge in [0, 0.05) is 11.1 Å². The molecular weight excluding hydrogens is 382 g/mol. The van der Waals surface area contributed by atoms with E-state index in [1.807, 2.05) is 42.5 Å². The predicted molar refractivity (Wildman–Crippen MR) is 112 cm³/mol. The Morgan fingerprint density at radius 3 is 2.30 bits per heavy atom. The summed E-state index contributed by atoms with van der Waals surface area (Å²) in [7, 11) is 0. The number of nitrogens with one attached hydrogen (secondary N) is 2. The van der Waals surface area contributed by atoms with Crippen molar-refractivity contribution in [3.63, 3.8) is 0 Å². The van der Waals surface area contributed by atoms with E-state index in [1.54, 1.807) is 12.1 Å². The van der Waals surface area contributed by atoms with Crippen LogP contribution in [0.5, 0.6) is 0 Å². The maximum atomic E-state index is 12.2. The molecule has 3 rings (SSSR count). The minimum Gasteiger partial charge on any atom is -0.451 e. The average Bonchev–Trinajstić information content (AvgIpc) is 3.22. The summed E-state index contributed by atoms with van der Waals surface area (Å²) in [6, 6.07) is 17.9. The molecular formula is C23H23N3O4. The Kier molecular flexibility index (Phi) is 6.11.